The molecule has 7 heteroatoms. The van der Waals surface area contributed by atoms with Crippen molar-refractivity contribution >= 4 is 11.9 Å². The van der Waals surface area contributed by atoms with Gasteiger partial charge in [-0.15, -0.1) is 0 Å². The zero-order valence-electron chi connectivity index (χ0n) is 17.2. The summed E-state index contributed by atoms with van der Waals surface area (Å²) in [5.41, 5.74) is 0.386. The van der Waals surface area contributed by atoms with Gasteiger partial charge in [-0.05, 0) is 97.1 Å². The zero-order valence-corrected chi connectivity index (χ0v) is 17.2. The standard InChI is InChI=1S/C26H18O7/c27-25(28)17-1-5-19(6-2-17)31-21-9-13-23(14-10-21)33-24-15-11-22(12-16-24)32-20-7-3-18(4-8-20)26(29)30/h1-16H,(H,27,28)(H,29,30). The summed E-state index contributed by atoms with van der Waals surface area (Å²) in [6.45, 7) is 0. The molecule has 7 nitrogen and oxygen atoms in total. The summed E-state index contributed by atoms with van der Waals surface area (Å²) in [6.07, 6.45) is 0. The molecule has 33 heavy (non-hydrogen) atoms. The maximum Gasteiger partial charge on any atom is 0.335 e. The fraction of sp³-hybridized carbons (Fsp3) is 0. The van der Waals surface area contributed by atoms with Crippen molar-refractivity contribution in [2.45, 2.75) is 0 Å². The maximum atomic E-state index is 10.9. The van der Waals surface area contributed by atoms with Crippen LogP contribution in [0.1, 0.15) is 20.7 Å². The van der Waals surface area contributed by atoms with E-state index in [0.29, 0.717) is 34.5 Å². The Morgan fingerprint density at radius 1 is 0.394 bits per heavy atom. The number of carboxylic acids is 2. The van der Waals surface area contributed by atoms with Gasteiger partial charge in [-0.25, -0.2) is 9.59 Å². The molecule has 0 aliphatic rings. The lowest BCUT2D eigenvalue weighted by atomic mass is 10.2. The molecule has 0 amide bonds. The molecule has 4 aromatic carbocycles. The van der Waals surface area contributed by atoms with Crippen LogP contribution >= 0.6 is 0 Å². The molecule has 0 aliphatic carbocycles. The van der Waals surface area contributed by atoms with Gasteiger partial charge in [0.1, 0.15) is 34.5 Å². The van der Waals surface area contributed by atoms with Crippen LogP contribution in [0.15, 0.2) is 97.1 Å². The highest BCUT2D eigenvalue weighted by atomic mass is 16.5. The number of hydrogen-bond acceptors (Lipinski definition) is 5. The number of carbonyl (C=O) groups is 2. The number of hydrogen-bond donors (Lipinski definition) is 2. The molecule has 0 aliphatic heterocycles. The van der Waals surface area contributed by atoms with E-state index in [2.05, 4.69) is 0 Å². The quantitative estimate of drug-likeness (QED) is 0.323. The van der Waals surface area contributed by atoms with E-state index in [0.717, 1.165) is 0 Å². The molecule has 0 saturated heterocycles. The monoisotopic (exact) mass is 442 g/mol. The predicted octanol–water partition coefficient (Wildman–Crippen LogP) is 6.46. The first kappa shape index (κ1) is 21.5. The molecule has 0 fully saturated rings. The van der Waals surface area contributed by atoms with Crippen LogP contribution in [0.25, 0.3) is 0 Å². The van der Waals surface area contributed by atoms with Gasteiger partial charge in [-0.2, -0.15) is 0 Å². The average molecular weight is 442 g/mol. The van der Waals surface area contributed by atoms with Gasteiger partial charge in [0, 0.05) is 0 Å². The van der Waals surface area contributed by atoms with E-state index in [1.807, 2.05) is 0 Å². The molecule has 0 spiro atoms. The largest absolute Gasteiger partial charge is 0.478 e. The van der Waals surface area contributed by atoms with Gasteiger partial charge in [0.05, 0.1) is 11.1 Å². The molecular formula is C26H18O7. The van der Waals surface area contributed by atoms with Crippen LogP contribution in [-0.4, -0.2) is 22.2 Å². The highest BCUT2D eigenvalue weighted by molar-refractivity contribution is 5.88. The molecule has 0 saturated carbocycles. The second-order valence-corrected chi connectivity index (χ2v) is 6.91. The molecule has 4 aromatic rings. The van der Waals surface area contributed by atoms with Crippen LogP contribution in [0.2, 0.25) is 0 Å². The van der Waals surface area contributed by atoms with Gasteiger partial charge in [0.2, 0.25) is 0 Å². The SMILES string of the molecule is O=C(O)c1ccc(Oc2ccc(Oc3ccc(Oc4ccc(C(=O)O)cc4)cc3)cc2)cc1. The highest BCUT2D eigenvalue weighted by Crippen LogP contribution is 2.29. The van der Waals surface area contributed by atoms with E-state index in [1.54, 1.807) is 72.8 Å². The number of aromatic carboxylic acids is 2. The van der Waals surface area contributed by atoms with Crippen molar-refractivity contribution in [1.29, 1.82) is 0 Å². The van der Waals surface area contributed by atoms with Crippen LogP contribution in [0.5, 0.6) is 34.5 Å². The number of rotatable bonds is 8. The Bertz CT molecular complexity index is 1140. The predicted molar refractivity (Wildman–Crippen MR) is 120 cm³/mol. The summed E-state index contributed by atoms with van der Waals surface area (Å²) >= 11 is 0. The topological polar surface area (TPSA) is 102 Å². The molecule has 0 bridgehead atoms. The first-order valence-corrected chi connectivity index (χ1v) is 9.87. The molecule has 0 aromatic heterocycles. The second-order valence-electron chi connectivity index (χ2n) is 6.91. The summed E-state index contributed by atoms with van der Waals surface area (Å²) in [5.74, 6) is 1.48. The summed E-state index contributed by atoms with van der Waals surface area (Å²) in [6, 6.07) is 26.3. The van der Waals surface area contributed by atoms with Crippen molar-refractivity contribution in [1.82, 2.24) is 0 Å². The van der Waals surface area contributed by atoms with E-state index >= 15 is 0 Å². The Hall–Kier alpha value is -4.78. The summed E-state index contributed by atoms with van der Waals surface area (Å²) in [4.78, 5) is 21.8. The Balaban J connectivity index is 1.34. The lowest BCUT2D eigenvalue weighted by Crippen LogP contribution is -1.95. The smallest absolute Gasteiger partial charge is 0.335 e. The normalized spacial score (nSPS) is 10.3. The van der Waals surface area contributed by atoms with E-state index in [1.165, 1.54) is 24.3 Å². The third-order valence-electron chi connectivity index (χ3n) is 4.56. The van der Waals surface area contributed by atoms with Crippen LogP contribution in [0, 0.1) is 0 Å². The summed E-state index contributed by atoms with van der Waals surface area (Å²) in [5, 5.41) is 17.9. The summed E-state index contributed by atoms with van der Waals surface area (Å²) < 4.78 is 17.3. The first-order chi connectivity index (χ1) is 16.0. The molecular weight excluding hydrogens is 424 g/mol. The fourth-order valence-corrected chi connectivity index (χ4v) is 2.89. The van der Waals surface area contributed by atoms with Gasteiger partial charge < -0.3 is 24.4 Å². The van der Waals surface area contributed by atoms with Gasteiger partial charge in [0.15, 0.2) is 0 Å². The molecule has 4 rings (SSSR count). The van der Waals surface area contributed by atoms with Crippen molar-refractivity contribution < 1.29 is 34.0 Å². The van der Waals surface area contributed by atoms with Crippen LogP contribution < -0.4 is 14.2 Å². The van der Waals surface area contributed by atoms with Crippen LogP contribution in [0.4, 0.5) is 0 Å². The molecule has 2 N–H and O–H groups in total. The van der Waals surface area contributed by atoms with E-state index in [-0.39, 0.29) is 11.1 Å². The molecule has 0 heterocycles. The van der Waals surface area contributed by atoms with Crippen molar-refractivity contribution in [3.05, 3.63) is 108 Å². The van der Waals surface area contributed by atoms with E-state index in [4.69, 9.17) is 24.4 Å². The first-order valence-electron chi connectivity index (χ1n) is 9.87. The second kappa shape index (κ2) is 9.57. The lowest BCUT2D eigenvalue weighted by Gasteiger charge is -2.10. The van der Waals surface area contributed by atoms with E-state index < -0.39 is 11.9 Å². The molecule has 0 atom stereocenters. The fourth-order valence-electron chi connectivity index (χ4n) is 2.89. The average Bonchev–Trinajstić information content (AvgIpc) is 2.82. The van der Waals surface area contributed by atoms with Gasteiger partial charge in [-0.3, -0.25) is 0 Å². The lowest BCUT2D eigenvalue weighted by molar-refractivity contribution is 0.0686. The zero-order chi connectivity index (χ0) is 23.2. The minimum atomic E-state index is -0.989. The van der Waals surface area contributed by atoms with Gasteiger partial charge in [-0.1, -0.05) is 0 Å². The number of carboxylic acid groups (broad SMARTS) is 2. The van der Waals surface area contributed by atoms with Gasteiger partial charge in [0.25, 0.3) is 0 Å². The van der Waals surface area contributed by atoms with Crippen molar-refractivity contribution in [3.8, 4) is 34.5 Å². The molecule has 164 valence electrons. The Morgan fingerprint density at radius 3 is 0.758 bits per heavy atom. The summed E-state index contributed by atoms with van der Waals surface area (Å²) in [7, 11) is 0. The minimum Gasteiger partial charge on any atom is -0.478 e. The van der Waals surface area contributed by atoms with Crippen LogP contribution in [0.3, 0.4) is 0 Å². The van der Waals surface area contributed by atoms with Gasteiger partial charge >= 0.3 is 11.9 Å². The Kier molecular flexibility index (Phi) is 6.22. The van der Waals surface area contributed by atoms with E-state index in [9.17, 15) is 9.59 Å². The molecule has 0 unspecified atom stereocenters. The Morgan fingerprint density at radius 2 is 0.576 bits per heavy atom. The number of benzene rings is 4. The van der Waals surface area contributed by atoms with Crippen molar-refractivity contribution in [3.63, 3.8) is 0 Å². The molecule has 0 radical (unpaired) electrons. The number of ether oxygens (including phenoxy) is 3. The Labute approximate surface area is 189 Å². The van der Waals surface area contributed by atoms with Crippen molar-refractivity contribution in [2.24, 2.45) is 0 Å². The van der Waals surface area contributed by atoms with Crippen molar-refractivity contribution in [2.75, 3.05) is 0 Å². The maximum absolute atomic E-state index is 10.9. The third kappa shape index (κ3) is 5.68. The third-order valence-corrected chi connectivity index (χ3v) is 4.56. The highest BCUT2D eigenvalue weighted by Gasteiger charge is 2.06. The minimum absolute atomic E-state index is 0.193. The van der Waals surface area contributed by atoms with Crippen LogP contribution in [-0.2, 0) is 0 Å².